The van der Waals surface area contributed by atoms with Gasteiger partial charge in [-0.15, -0.1) is 0 Å². The lowest BCUT2D eigenvalue weighted by Crippen LogP contribution is -2.46. The molecular formula is C26H34N4O4. The molecule has 1 aliphatic heterocycles. The van der Waals surface area contributed by atoms with E-state index in [0.717, 1.165) is 32.5 Å². The average Bonchev–Trinajstić information content (AvgIpc) is 3.25. The Morgan fingerprint density at radius 1 is 1.18 bits per heavy atom. The quantitative estimate of drug-likeness (QED) is 0.427. The SMILES string of the molecule is CCOC(=O)/C=C/c1cnc(N(C(=O)OC(C)(C)C)[C@@H]2CCN(CCc3ccccc3)C2)nc1. The summed E-state index contributed by atoms with van der Waals surface area (Å²) in [7, 11) is 0. The minimum absolute atomic E-state index is 0.0912. The molecule has 0 radical (unpaired) electrons. The number of hydrogen-bond acceptors (Lipinski definition) is 7. The standard InChI is InChI=1S/C26H34N4O4/c1-5-33-23(31)12-11-21-17-27-24(28-18-21)30(25(32)34-26(2,3)4)22-14-16-29(19-22)15-13-20-9-7-6-8-10-20/h6-12,17-18,22H,5,13-16,19H2,1-4H3/b12-11+/t22-/m1/s1. The van der Waals surface area contributed by atoms with Crippen LogP contribution in [0.1, 0.15) is 45.2 Å². The summed E-state index contributed by atoms with van der Waals surface area (Å²) in [4.78, 5) is 37.4. The van der Waals surface area contributed by atoms with Crippen LogP contribution in [-0.4, -0.2) is 64.8 Å². The summed E-state index contributed by atoms with van der Waals surface area (Å²) in [6.45, 7) is 10.1. The third-order valence-electron chi connectivity index (χ3n) is 5.33. The van der Waals surface area contributed by atoms with Crippen LogP contribution in [0.4, 0.5) is 10.7 Å². The number of benzene rings is 1. The molecule has 1 aromatic heterocycles. The van der Waals surface area contributed by atoms with E-state index in [-0.39, 0.29) is 12.0 Å². The average molecular weight is 467 g/mol. The molecule has 3 rings (SSSR count). The van der Waals surface area contributed by atoms with Crippen molar-refractivity contribution < 1.29 is 19.1 Å². The van der Waals surface area contributed by atoms with Crippen LogP contribution in [-0.2, 0) is 20.7 Å². The Labute approximate surface area is 201 Å². The Bertz CT molecular complexity index is 971. The van der Waals surface area contributed by atoms with Crippen molar-refractivity contribution in [1.29, 1.82) is 0 Å². The fourth-order valence-corrected chi connectivity index (χ4v) is 3.76. The van der Waals surface area contributed by atoms with Gasteiger partial charge in [-0.2, -0.15) is 0 Å². The molecule has 2 heterocycles. The lowest BCUT2D eigenvalue weighted by Gasteiger charge is -2.30. The van der Waals surface area contributed by atoms with Gasteiger partial charge < -0.3 is 14.4 Å². The highest BCUT2D eigenvalue weighted by molar-refractivity contribution is 5.87. The predicted molar refractivity (Wildman–Crippen MR) is 131 cm³/mol. The topological polar surface area (TPSA) is 84.9 Å². The van der Waals surface area contributed by atoms with Crippen LogP contribution in [0, 0.1) is 0 Å². The molecule has 0 bridgehead atoms. The summed E-state index contributed by atoms with van der Waals surface area (Å²) in [6, 6.07) is 10.3. The second-order valence-corrected chi connectivity index (χ2v) is 9.23. The second-order valence-electron chi connectivity index (χ2n) is 9.23. The van der Waals surface area contributed by atoms with Gasteiger partial charge >= 0.3 is 12.1 Å². The monoisotopic (exact) mass is 466 g/mol. The number of anilines is 1. The lowest BCUT2D eigenvalue weighted by molar-refractivity contribution is -0.137. The summed E-state index contributed by atoms with van der Waals surface area (Å²) in [5.74, 6) is -0.138. The molecule has 34 heavy (non-hydrogen) atoms. The summed E-state index contributed by atoms with van der Waals surface area (Å²) in [6.07, 6.45) is 7.38. The first-order chi connectivity index (χ1) is 16.2. The van der Waals surface area contributed by atoms with Crippen molar-refractivity contribution in [3.8, 4) is 0 Å². The van der Waals surface area contributed by atoms with Gasteiger partial charge in [-0.3, -0.25) is 0 Å². The number of ether oxygens (including phenoxy) is 2. The second kappa shape index (κ2) is 11.7. The maximum Gasteiger partial charge on any atom is 0.417 e. The van der Waals surface area contributed by atoms with Crippen molar-refractivity contribution in [1.82, 2.24) is 14.9 Å². The van der Waals surface area contributed by atoms with Crippen molar-refractivity contribution in [2.75, 3.05) is 31.1 Å². The zero-order valence-corrected chi connectivity index (χ0v) is 20.4. The van der Waals surface area contributed by atoms with Crippen LogP contribution in [0.3, 0.4) is 0 Å². The first-order valence-corrected chi connectivity index (χ1v) is 11.7. The largest absolute Gasteiger partial charge is 0.463 e. The van der Waals surface area contributed by atoms with E-state index in [2.05, 4.69) is 39.1 Å². The van der Waals surface area contributed by atoms with E-state index >= 15 is 0 Å². The van der Waals surface area contributed by atoms with Crippen LogP contribution in [0.15, 0.2) is 48.8 Å². The van der Waals surface area contributed by atoms with Crippen molar-refractivity contribution in [2.24, 2.45) is 0 Å². The minimum atomic E-state index is -0.636. The van der Waals surface area contributed by atoms with Gasteiger partial charge in [0.1, 0.15) is 5.60 Å². The van der Waals surface area contributed by atoms with E-state index in [1.54, 1.807) is 30.3 Å². The van der Waals surface area contributed by atoms with E-state index in [4.69, 9.17) is 9.47 Å². The van der Waals surface area contributed by atoms with Gasteiger partial charge in [0.25, 0.3) is 0 Å². The Kier molecular flexibility index (Phi) is 8.76. The van der Waals surface area contributed by atoms with Crippen LogP contribution < -0.4 is 4.90 Å². The van der Waals surface area contributed by atoms with Crippen LogP contribution >= 0.6 is 0 Å². The molecule has 1 amide bonds. The van der Waals surface area contributed by atoms with Crippen molar-refractivity contribution >= 4 is 24.1 Å². The molecule has 0 aliphatic carbocycles. The lowest BCUT2D eigenvalue weighted by atomic mass is 10.1. The molecule has 1 aliphatic rings. The molecule has 8 heteroatoms. The van der Waals surface area contributed by atoms with Gasteiger partial charge in [-0.05, 0) is 52.2 Å². The Balaban J connectivity index is 1.71. The molecule has 0 saturated carbocycles. The summed E-state index contributed by atoms with van der Waals surface area (Å²) >= 11 is 0. The third kappa shape index (κ3) is 7.66. The smallest absolute Gasteiger partial charge is 0.417 e. The number of aromatic nitrogens is 2. The normalized spacial score (nSPS) is 16.5. The highest BCUT2D eigenvalue weighted by Gasteiger charge is 2.35. The van der Waals surface area contributed by atoms with E-state index in [1.165, 1.54) is 11.6 Å². The summed E-state index contributed by atoms with van der Waals surface area (Å²) in [5.41, 5.74) is 1.30. The van der Waals surface area contributed by atoms with Gasteiger partial charge in [-0.1, -0.05) is 30.3 Å². The highest BCUT2D eigenvalue weighted by atomic mass is 16.6. The first kappa shape index (κ1) is 25.4. The maximum atomic E-state index is 13.1. The molecule has 8 nitrogen and oxygen atoms in total. The fraction of sp³-hybridized carbons (Fsp3) is 0.462. The number of rotatable bonds is 8. The number of carbonyl (C=O) groups excluding carboxylic acids is 2. The van der Waals surface area contributed by atoms with Gasteiger partial charge in [0.2, 0.25) is 5.95 Å². The van der Waals surface area contributed by atoms with E-state index in [1.807, 2.05) is 26.8 Å². The zero-order chi connectivity index (χ0) is 24.6. The van der Waals surface area contributed by atoms with E-state index < -0.39 is 17.7 Å². The predicted octanol–water partition coefficient (Wildman–Crippen LogP) is 4.11. The number of esters is 1. The number of hydrogen-bond donors (Lipinski definition) is 0. The first-order valence-electron chi connectivity index (χ1n) is 11.7. The van der Waals surface area contributed by atoms with Crippen molar-refractivity contribution in [3.63, 3.8) is 0 Å². The zero-order valence-electron chi connectivity index (χ0n) is 20.4. The van der Waals surface area contributed by atoms with Crippen LogP contribution in [0.25, 0.3) is 6.08 Å². The Morgan fingerprint density at radius 3 is 2.53 bits per heavy atom. The number of carbonyl (C=O) groups is 2. The molecule has 1 saturated heterocycles. The third-order valence-corrected chi connectivity index (χ3v) is 5.33. The summed E-state index contributed by atoms with van der Waals surface area (Å²) < 4.78 is 10.6. The van der Waals surface area contributed by atoms with Gasteiger partial charge in [0.05, 0.1) is 12.6 Å². The van der Waals surface area contributed by atoms with E-state index in [9.17, 15) is 9.59 Å². The molecule has 1 atom stereocenters. The molecular weight excluding hydrogens is 432 g/mol. The fourth-order valence-electron chi connectivity index (χ4n) is 3.76. The molecule has 1 fully saturated rings. The Hall–Kier alpha value is -3.26. The highest BCUT2D eigenvalue weighted by Crippen LogP contribution is 2.23. The maximum absolute atomic E-state index is 13.1. The Morgan fingerprint density at radius 2 is 1.88 bits per heavy atom. The van der Waals surface area contributed by atoms with Crippen molar-refractivity contribution in [3.05, 3.63) is 59.9 Å². The molecule has 0 N–H and O–H groups in total. The van der Waals surface area contributed by atoms with Gasteiger partial charge in [0, 0.05) is 43.7 Å². The molecule has 2 aromatic rings. The van der Waals surface area contributed by atoms with Gasteiger partial charge in [0.15, 0.2) is 0 Å². The molecule has 0 unspecified atom stereocenters. The minimum Gasteiger partial charge on any atom is -0.463 e. The molecule has 1 aromatic carbocycles. The van der Waals surface area contributed by atoms with E-state index in [0.29, 0.717) is 12.2 Å². The number of nitrogens with zero attached hydrogens (tertiary/aromatic N) is 4. The number of amides is 1. The van der Waals surface area contributed by atoms with Crippen LogP contribution in [0.2, 0.25) is 0 Å². The van der Waals surface area contributed by atoms with Crippen molar-refractivity contribution in [2.45, 2.75) is 52.2 Å². The molecule has 0 spiro atoms. The summed E-state index contributed by atoms with van der Waals surface area (Å²) in [5, 5.41) is 0. The van der Waals surface area contributed by atoms with Crippen LogP contribution in [0.5, 0.6) is 0 Å². The van der Waals surface area contributed by atoms with Gasteiger partial charge in [-0.25, -0.2) is 24.5 Å². The number of likely N-dealkylation sites (tertiary alicyclic amines) is 1. The molecule has 182 valence electrons.